The summed E-state index contributed by atoms with van der Waals surface area (Å²) in [6.07, 6.45) is 0. The van der Waals surface area contributed by atoms with Gasteiger partial charge in [-0.3, -0.25) is 0 Å². The minimum atomic E-state index is -0.608. The molecule has 1 N–H and O–H groups in total. The third kappa shape index (κ3) is 2.57. The summed E-state index contributed by atoms with van der Waals surface area (Å²) in [6, 6.07) is 7.56. The van der Waals surface area contributed by atoms with E-state index < -0.39 is 5.95 Å². The quantitative estimate of drug-likeness (QED) is 0.846. The van der Waals surface area contributed by atoms with E-state index in [9.17, 15) is 9.50 Å². The molecule has 0 aliphatic carbocycles. The second kappa shape index (κ2) is 5.00. The van der Waals surface area contributed by atoms with E-state index in [-0.39, 0.29) is 6.61 Å². The maximum Gasteiger partial charge on any atom is 0.213 e. The van der Waals surface area contributed by atoms with Crippen molar-refractivity contribution in [2.75, 3.05) is 0 Å². The summed E-state index contributed by atoms with van der Waals surface area (Å²) in [6.45, 7) is -0.219. The Morgan fingerprint density at radius 2 is 1.88 bits per heavy atom. The first-order valence-corrected chi connectivity index (χ1v) is 5.59. The van der Waals surface area contributed by atoms with Crippen molar-refractivity contribution in [2.24, 2.45) is 0 Å². The Labute approximate surface area is 108 Å². The fraction of sp³-hybridized carbons (Fsp3) is 0.0833. The van der Waals surface area contributed by atoms with Gasteiger partial charge in [0.1, 0.15) is 0 Å². The molecule has 5 heteroatoms. The van der Waals surface area contributed by atoms with Gasteiger partial charge in [0, 0.05) is 11.1 Å². The Kier molecular flexibility index (Phi) is 3.62. The van der Waals surface area contributed by atoms with Crippen molar-refractivity contribution in [3.05, 3.63) is 51.9 Å². The molecular formula is C12H8Cl2FNO. The summed E-state index contributed by atoms with van der Waals surface area (Å²) in [5.74, 6) is -0.608. The summed E-state index contributed by atoms with van der Waals surface area (Å²) in [5, 5.41) is 9.95. The van der Waals surface area contributed by atoms with Crippen LogP contribution in [0.25, 0.3) is 11.3 Å². The minimum Gasteiger partial charge on any atom is -0.392 e. The number of aromatic nitrogens is 1. The Bertz CT molecular complexity index is 560. The molecule has 2 rings (SSSR count). The molecule has 0 aliphatic rings. The standard InChI is InChI=1S/C12H8Cl2FNO/c13-9-3-1-7(5-10(9)14)12-8(6-17)2-4-11(15)16-12/h1-5,17H,6H2. The minimum absolute atomic E-state index is 0.219. The fourth-order valence-electron chi connectivity index (χ4n) is 1.49. The predicted octanol–water partition coefficient (Wildman–Crippen LogP) is 3.69. The Morgan fingerprint density at radius 1 is 1.12 bits per heavy atom. The Hall–Kier alpha value is -1.16. The van der Waals surface area contributed by atoms with E-state index in [4.69, 9.17) is 23.2 Å². The molecule has 2 aromatic rings. The van der Waals surface area contributed by atoms with Crippen molar-refractivity contribution in [2.45, 2.75) is 6.61 Å². The van der Waals surface area contributed by atoms with E-state index in [1.807, 2.05) is 0 Å². The highest BCUT2D eigenvalue weighted by molar-refractivity contribution is 6.42. The SMILES string of the molecule is OCc1ccc(F)nc1-c1ccc(Cl)c(Cl)c1. The molecule has 0 aliphatic heterocycles. The number of hydrogen-bond donors (Lipinski definition) is 1. The first-order chi connectivity index (χ1) is 8.11. The van der Waals surface area contributed by atoms with Crippen molar-refractivity contribution >= 4 is 23.2 Å². The number of nitrogens with zero attached hydrogens (tertiary/aromatic N) is 1. The molecule has 0 unspecified atom stereocenters. The highest BCUT2D eigenvalue weighted by Crippen LogP contribution is 2.29. The second-order valence-corrected chi connectivity index (χ2v) is 4.24. The summed E-state index contributed by atoms with van der Waals surface area (Å²) in [4.78, 5) is 3.76. The molecule has 0 bridgehead atoms. The number of pyridine rings is 1. The predicted molar refractivity (Wildman–Crippen MR) is 65.6 cm³/mol. The topological polar surface area (TPSA) is 33.1 Å². The first kappa shape index (κ1) is 12.3. The lowest BCUT2D eigenvalue weighted by Crippen LogP contribution is -1.95. The molecule has 88 valence electrons. The molecule has 0 fully saturated rings. The molecule has 0 saturated carbocycles. The van der Waals surface area contributed by atoms with Crippen molar-refractivity contribution < 1.29 is 9.50 Å². The highest BCUT2D eigenvalue weighted by Gasteiger charge is 2.09. The van der Waals surface area contributed by atoms with Gasteiger partial charge in [0.05, 0.1) is 22.3 Å². The lowest BCUT2D eigenvalue weighted by molar-refractivity contribution is 0.281. The monoisotopic (exact) mass is 271 g/mol. The zero-order chi connectivity index (χ0) is 12.4. The van der Waals surface area contributed by atoms with E-state index in [0.717, 1.165) is 0 Å². The van der Waals surface area contributed by atoms with Crippen LogP contribution in [-0.4, -0.2) is 10.1 Å². The maximum atomic E-state index is 13.1. The summed E-state index contributed by atoms with van der Waals surface area (Å²) >= 11 is 11.7. The molecule has 1 heterocycles. The number of halogens is 3. The number of aliphatic hydroxyl groups excluding tert-OH is 1. The van der Waals surface area contributed by atoms with E-state index in [1.54, 1.807) is 18.2 Å². The van der Waals surface area contributed by atoms with Crippen molar-refractivity contribution in [3.8, 4) is 11.3 Å². The van der Waals surface area contributed by atoms with Crippen LogP contribution in [-0.2, 0) is 6.61 Å². The lowest BCUT2D eigenvalue weighted by Gasteiger charge is -2.07. The number of rotatable bonds is 2. The van der Waals surface area contributed by atoms with Crippen LogP contribution >= 0.6 is 23.2 Å². The van der Waals surface area contributed by atoms with Gasteiger partial charge in [-0.15, -0.1) is 0 Å². The zero-order valence-electron chi connectivity index (χ0n) is 8.62. The van der Waals surface area contributed by atoms with Crippen LogP contribution in [0.1, 0.15) is 5.56 Å². The van der Waals surface area contributed by atoms with Crippen LogP contribution < -0.4 is 0 Å². The molecule has 0 spiro atoms. The summed E-state index contributed by atoms with van der Waals surface area (Å²) in [5.41, 5.74) is 1.51. The Morgan fingerprint density at radius 3 is 2.53 bits per heavy atom. The Balaban J connectivity index is 2.58. The number of benzene rings is 1. The van der Waals surface area contributed by atoms with Gasteiger partial charge in [0.25, 0.3) is 0 Å². The van der Waals surface area contributed by atoms with E-state index in [0.29, 0.717) is 26.9 Å². The van der Waals surface area contributed by atoms with Crippen LogP contribution in [0.2, 0.25) is 10.0 Å². The van der Waals surface area contributed by atoms with Crippen LogP contribution in [0.15, 0.2) is 30.3 Å². The van der Waals surface area contributed by atoms with E-state index >= 15 is 0 Å². The molecule has 2 nitrogen and oxygen atoms in total. The van der Waals surface area contributed by atoms with Crippen LogP contribution in [0.4, 0.5) is 4.39 Å². The summed E-state index contributed by atoms with van der Waals surface area (Å²) < 4.78 is 13.1. The van der Waals surface area contributed by atoms with Crippen molar-refractivity contribution in [3.63, 3.8) is 0 Å². The first-order valence-electron chi connectivity index (χ1n) is 4.83. The molecule has 1 aromatic carbocycles. The average Bonchev–Trinajstić information content (AvgIpc) is 2.32. The largest absolute Gasteiger partial charge is 0.392 e. The van der Waals surface area contributed by atoms with Gasteiger partial charge in [-0.05, 0) is 18.2 Å². The lowest BCUT2D eigenvalue weighted by atomic mass is 10.1. The van der Waals surface area contributed by atoms with Crippen LogP contribution in [0.3, 0.4) is 0 Å². The molecular weight excluding hydrogens is 264 g/mol. The van der Waals surface area contributed by atoms with Gasteiger partial charge in [0.2, 0.25) is 5.95 Å². The van der Waals surface area contributed by atoms with E-state index in [1.165, 1.54) is 12.1 Å². The summed E-state index contributed by atoms with van der Waals surface area (Å²) in [7, 11) is 0. The molecule has 0 amide bonds. The molecule has 1 aromatic heterocycles. The van der Waals surface area contributed by atoms with Gasteiger partial charge < -0.3 is 5.11 Å². The molecule has 17 heavy (non-hydrogen) atoms. The molecule has 0 saturated heterocycles. The highest BCUT2D eigenvalue weighted by atomic mass is 35.5. The third-order valence-corrected chi connectivity index (χ3v) is 3.05. The smallest absolute Gasteiger partial charge is 0.213 e. The second-order valence-electron chi connectivity index (χ2n) is 3.43. The average molecular weight is 272 g/mol. The van der Waals surface area contributed by atoms with Gasteiger partial charge >= 0.3 is 0 Å². The maximum absolute atomic E-state index is 13.1. The van der Waals surface area contributed by atoms with Crippen molar-refractivity contribution in [1.82, 2.24) is 4.98 Å². The van der Waals surface area contributed by atoms with E-state index in [2.05, 4.69) is 4.98 Å². The number of hydrogen-bond acceptors (Lipinski definition) is 2. The number of aliphatic hydroxyl groups is 1. The molecule has 0 atom stereocenters. The normalized spacial score (nSPS) is 10.6. The third-order valence-electron chi connectivity index (χ3n) is 2.31. The van der Waals surface area contributed by atoms with Crippen LogP contribution in [0, 0.1) is 5.95 Å². The molecule has 0 radical (unpaired) electrons. The van der Waals surface area contributed by atoms with Gasteiger partial charge in [-0.2, -0.15) is 4.39 Å². The van der Waals surface area contributed by atoms with Gasteiger partial charge in [0.15, 0.2) is 0 Å². The fourth-order valence-corrected chi connectivity index (χ4v) is 1.78. The van der Waals surface area contributed by atoms with Gasteiger partial charge in [-0.1, -0.05) is 35.3 Å². The van der Waals surface area contributed by atoms with Crippen LogP contribution in [0.5, 0.6) is 0 Å². The van der Waals surface area contributed by atoms with Gasteiger partial charge in [-0.25, -0.2) is 4.98 Å². The zero-order valence-corrected chi connectivity index (χ0v) is 10.1. The van der Waals surface area contributed by atoms with Crippen molar-refractivity contribution in [1.29, 1.82) is 0 Å².